The molecule has 0 aliphatic carbocycles. The van der Waals surface area contributed by atoms with Crippen LogP contribution in [0.25, 0.3) is 0 Å². The number of nitrogens with one attached hydrogen (secondary N) is 1. The van der Waals surface area contributed by atoms with Crippen LogP contribution in [0.5, 0.6) is 0 Å². The summed E-state index contributed by atoms with van der Waals surface area (Å²) in [6, 6.07) is 10.4. The first-order valence-corrected chi connectivity index (χ1v) is 10.2. The van der Waals surface area contributed by atoms with Crippen LogP contribution >= 0.6 is 0 Å². The zero-order valence-electron chi connectivity index (χ0n) is 16.1. The lowest BCUT2D eigenvalue weighted by atomic mass is 10.1. The summed E-state index contributed by atoms with van der Waals surface area (Å²) < 4.78 is 5.46. The number of hydrogen-bond acceptors (Lipinski definition) is 3. The van der Waals surface area contributed by atoms with Gasteiger partial charge in [0, 0.05) is 51.9 Å². The topological polar surface area (TPSA) is 61.9 Å². The number of carbonyl (C=O) groups is 2. The van der Waals surface area contributed by atoms with E-state index in [9.17, 15) is 9.59 Å². The molecule has 3 rings (SSSR count). The van der Waals surface area contributed by atoms with Crippen molar-refractivity contribution >= 4 is 11.9 Å². The van der Waals surface area contributed by atoms with Crippen LogP contribution in [-0.4, -0.2) is 67.2 Å². The Morgan fingerprint density at radius 3 is 2.70 bits per heavy atom. The number of amides is 3. The maximum atomic E-state index is 12.8. The van der Waals surface area contributed by atoms with E-state index in [1.165, 1.54) is 5.56 Å². The Morgan fingerprint density at radius 1 is 1.22 bits per heavy atom. The van der Waals surface area contributed by atoms with E-state index in [1.807, 2.05) is 28.0 Å². The monoisotopic (exact) mass is 373 g/mol. The smallest absolute Gasteiger partial charge is 0.317 e. The van der Waals surface area contributed by atoms with Gasteiger partial charge in [0.05, 0.1) is 0 Å². The fraction of sp³-hybridized carbons (Fsp3) is 0.619. The molecule has 6 heteroatoms. The summed E-state index contributed by atoms with van der Waals surface area (Å²) in [4.78, 5) is 28.5. The molecule has 1 N–H and O–H groups in total. The predicted octanol–water partition coefficient (Wildman–Crippen LogP) is 2.43. The largest absolute Gasteiger partial charge is 0.381 e. The van der Waals surface area contributed by atoms with Gasteiger partial charge in [0.1, 0.15) is 0 Å². The molecule has 1 aromatic carbocycles. The van der Waals surface area contributed by atoms with Crippen LogP contribution in [0.4, 0.5) is 4.79 Å². The lowest BCUT2D eigenvalue weighted by Gasteiger charge is -2.34. The van der Waals surface area contributed by atoms with Crippen molar-refractivity contribution in [1.29, 1.82) is 0 Å². The van der Waals surface area contributed by atoms with Crippen molar-refractivity contribution < 1.29 is 14.3 Å². The highest BCUT2D eigenvalue weighted by molar-refractivity contribution is 5.78. The van der Waals surface area contributed by atoms with E-state index >= 15 is 0 Å². The molecule has 0 spiro atoms. The highest BCUT2D eigenvalue weighted by atomic mass is 16.5. The Hall–Kier alpha value is -2.08. The Labute approximate surface area is 161 Å². The molecule has 2 fully saturated rings. The molecular formula is C21H31N3O3. The van der Waals surface area contributed by atoms with Crippen molar-refractivity contribution in [1.82, 2.24) is 15.1 Å². The van der Waals surface area contributed by atoms with Gasteiger partial charge < -0.3 is 19.9 Å². The molecule has 27 heavy (non-hydrogen) atoms. The normalized spacial score (nSPS) is 17.9. The van der Waals surface area contributed by atoms with Crippen molar-refractivity contribution in [2.45, 2.75) is 44.6 Å². The lowest BCUT2D eigenvalue weighted by molar-refractivity contribution is -0.127. The van der Waals surface area contributed by atoms with E-state index in [0.29, 0.717) is 32.7 Å². The van der Waals surface area contributed by atoms with Crippen molar-refractivity contribution in [2.75, 3.05) is 39.4 Å². The van der Waals surface area contributed by atoms with Gasteiger partial charge in [-0.25, -0.2) is 4.79 Å². The lowest BCUT2D eigenvalue weighted by Crippen LogP contribution is -2.49. The second-order valence-electron chi connectivity index (χ2n) is 7.34. The van der Waals surface area contributed by atoms with Crippen LogP contribution in [-0.2, 0) is 16.0 Å². The van der Waals surface area contributed by atoms with Gasteiger partial charge >= 0.3 is 6.03 Å². The van der Waals surface area contributed by atoms with Crippen LogP contribution in [0.2, 0.25) is 0 Å². The predicted molar refractivity (Wildman–Crippen MR) is 105 cm³/mol. The first-order valence-electron chi connectivity index (χ1n) is 10.2. The van der Waals surface area contributed by atoms with Crippen LogP contribution in [0.3, 0.4) is 0 Å². The number of urea groups is 1. The maximum Gasteiger partial charge on any atom is 0.317 e. The SMILES string of the molecule is O=C1CCCN1CCCN(C(=O)NCCc1ccccc1)C1CCOCC1. The first-order chi connectivity index (χ1) is 13.2. The molecule has 0 radical (unpaired) electrons. The van der Waals surface area contributed by atoms with Crippen molar-refractivity contribution in [3.05, 3.63) is 35.9 Å². The van der Waals surface area contributed by atoms with Crippen LogP contribution < -0.4 is 5.32 Å². The van der Waals surface area contributed by atoms with E-state index in [0.717, 1.165) is 45.2 Å². The Balaban J connectivity index is 1.48. The summed E-state index contributed by atoms with van der Waals surface area (Å²) >= 11 is 0. The number of rotatable bonds is 8. The van der Waals surface area contributed by atoms with Gasteiger partial charge in [0.2, 0.25) is 5.91 Å². The molecule has 0 unspecified atom stereocenters. The molecule has 0 bridgehead atoms. The summed E-state index contributed by atoms with van der Waals surface area (Å²) in [5.41, 5.74) is 1.22. The highest BCUT2D eigenvalue weighted by Crippen LogP contribution is 2.16. The van der Waals surface area contributed by atoms with Crippen molar-refractivity contribution in [2.24, 2.45) is 0 Å². The average Bonchev–Trinajstić information content (AvgIpc) is 3.11. The minimum absolute atomic E-state index is 0.00517. The summed E-state index contributed by atoms with van der Waals surface area (Å²) in [6.45, 7) is 4.35. The van der Waals surface area contributed by atoms with Gasteiger partial charge in [-0.3, -0.25) is 4.79 Å². The van der Waals surface area contributed by atoms with Gasteiger partial charge in [-0.1, -0.05) is 30.3 Å². The van der Waals surface area contributed by atoms with Crippen LogP contribution in [0.1, 0.15) is 37.7 Å². The first kappa shape index (κ1) is 19.7. The van der Waals surface area contributed by atoms with Gasteiger partial charge in [0.25, 0.3) is 0 Å². The molecule has 148 valence electrons. The van der Waals surface area contributed by atoms with E-state index < -0.39 is 0 Å². The number of hydrogen-bond donors (Lipinski definition) is 1. The van der Waals surface area contributed by atoms with Crippen molar-refractivity contribution in [3.63, 3.8) is 0 Å². The van der Waals surface area contributed by atoms with Crippen LogP contribution in [0.15, 0.2) is 30.3 Å². The Morgan fingerprint density at radius 2 is 2.00 bits per heavy atom. The van der Waals surface area contributed by atoms with E-state index in [2.05, 4.69) is 17.4 Å². The minimum Gasteiger partial charge on any atom is -0.381 e. The Bertz CT molecular complexity index is 602. The molecule has 2 heterocycles. The maximum absolute atomic E-state index is 12.8. The average molecular weight is 373 g/mol. The molecule has 1 aromatic rings. The molecule has 2 saturated heterocycles. The zero-order chi connectivity index (χ0) is 18.9. The molecule has 2 aliphatic heterocycles. The molecule has 0 atom stereocenters. The molecule has 0 saturated carbocycles. The number of likely N-dealkylation sites (tertiary alicyclic amines) is 1. The summed E-state index contributed by atoms with van der Waals surface area (Å²) in [6.07, 6.45) is 5.06. The van der Waals surface area contributed by atoms with Gasteiger partial charge in [0.15, 0.2) is 0 Å². The summed E-state index contributed by atoms with van der Waals surface area (Å²) in [5, 5.41) is 3.08. The van der Waals surface area contributed by atoms with Crippen LogP contribution in [0, 0.1) is 0 Å². The number of nitrogens with zero attached hydrogens (tertiary/aromatic N) is 2. The van der Waals surface area contributed by atoms with Crippen molar-refractivity contribution in [3.8, 4) is 0 Å². The molecule has 0 aromatic heterocycles. The Kier molecular flexibility index (Phi) is 7.51. The molecule has 3 amide bonds. The third-order valence-corrected chi connectivity index (χ3v) is 5.42. The fourth-order valence-corrected chi connectivity index (χ4v) is 3.88. The second kappa shape index (κ2) is 10.3. The van der Waals surface area contributed by atoms with E-state index in [1.54, 1.807) is 0 Å². The second-order valence-corrected chi connectivity index (χ2v) is 7.34. The van der Waals surface area contributed by atoms with Gasteiger partial charge in [-0.15, -0.1) is 0 Å². The number of ether oxygens (including phenoxy) is 1. The third kappa shape index (κ3) is 5.96. The van der Waals surface area contributed by atoms with Gasteiger partial charge in [-0.05, 0) is 37.7 Å². The molecular weight excluding hydrogens is 342 g/mol. The fourth-order valence-electron chi connectivity index (χ4n) is 3.88. The highest BCUT2D eigenvalue weighted by Gasteiger charge is 2.26. The quantitative estimate of drug-likeness (QED) is 0.761. The zero-order valence-corrected chi connectivity index (χ0v) is 16.1. The van der Waals surface area contributed by atoms with Gasteiger partial charge in [-0.2, -0.15) is 0 Å². The standard InChI is InChI=1S/C21H31N3O3/c25-20-8-4-13-23(20)14-5-15-24(19-10-16-27-17-11-19)21(26)22-12-9-18-6-2-1-3-7-18/h1-3,6-7,19H,4-5,8-17H2,(H,22,26). The summed E-state index contributed by atoms with van der Waals surface area (Å²) in [7, 11) is 0. The molecule has 2 aliphatic rings. The minimum atomic E-state index is 0.00517. The van der Waals surface area contributed by atoms with E-state index in [-0.39, 0.29) is 18.0 Å². The number of benzene rings is 1. The third-order valence-electron chi connectivity index (χ3n) is 5.42. The number of carbonyl (C=O) groups excluding carboxylic acids is 2. The molecule has 6 nitrogen and oxygen atoms in total. The van der Waals surface area contributed by atoms with E-state index in [4.69, 9.17) is 4.74 Å². The summed E-state index contributed by atoms with van der Waals surface area (Å²) in [5.74, 6) is 0.250.